The van der Waals surface area contributed by atoms with Gasteiger partial charge in [0.25, 0.3) is 0 Å². The number of ether oxygens (including phenoxy) is 1. The summed E-state index contributed by atoms with van der Waals surface area (Å²) in [5.74, 6) is 2.42. The number of pyridine rings is 1. The zero-order valence-electron chi connectivity index (χ0n) is 26.8. The van der Waals surface area contributed by atoms with Gasteiger partial charge in [-0.15, -0.1) is 0 Å². The highest BCUT2D eigenvalue weighted by atomic mass is 16.5. The first-order valence-electron chi connectivity index (χ1n) is 15.6. The molecule has 7 rings (SSSR count). The Bertz CT molecular complexity index is 2190. The molecule has 0 radical (unpaired) electrons. The molecule has 0 bridgehead atoms. The molecule has 7 aromatic rings. The van der Waals surface area contributed by atoms with Crippen molar-refractivity contribution in [2.24, 2.45) is 0 Å². The Labute approximate surface area is 264 Å². The average Bonchev–Trinajstić information content (AvgIpc) is 3.53. The van der Waals surface area contributed by atoms with Crippen LogP contribution in [0.4, 0.5) is 0 Å². The van der Waals surface area contributed by atoms with E-state index >= 15 is 0 Å². The van der Waals surface area contributed by atoms with Crippen LogP contribution in [0.1, 0.15) is 49.7 Å². The van der Waals surface area contributed by atoms with Crippen LogP contribution >= 0.6 is 0 Å². The van der Waals surface area contributed by atoms with E-state index in [1.807, 2.05) is 35.1 Å². The van der Waals surface area contributed by atoms with E-state index in [9.17, 15) is 0 Å². The summed E-state index contributed by atoms with van der Waals surface area (Å²) in [6.07, 6.45) is 2.95. The van der Waals surface area contributed by atoms with Gasteiger partial charge in [0.05, 0.1) is 22.4 Å². The first kappa shape index (κ1) is 28.6. The van der Waals surface area contributed by atoms with Crippen molar-refractivity contribution in [2.75, 3.05) is 0 Å². The van der Waals surface area contributed by atoms with Gasteiger partial charge < -0.3 is 4.74 Å². The topological polar surface area (TPSA) is 44.9 Å². The van der Waals surface area contributed by atoms with Crippen molar-refractivity contribution in [3.8, 4) is 34.1 Å². The predicted molar refractivity (Wildman–Crippen MR) is 185 cm³/mol. The lowest BCUT2D eigenvalue weighted by atomic mass is 9.82. The van der Waals surface area contributed by atoms with Crippen LogP contribution in [0.15, 0.2) is 109 Å². The molecule has 3 heterocycles. The third-order valence-corrected chi connectivity index (χ3v) is 9.18. The molecule has 0 aliphatic carbocycles. The van der Waals surface area contributed by atoms with Gasteiger partial charge in [-0.3, -0.25) is 4.57 Å². The van der Waals surface area contributed by atoms with Gasteiger partial charge in [0.2, 0.25) is 0 Å². The lowest BCUT2D eigenvalue weighted by molar-refractivity contribution is 0.482. The zero-order chi connectivity index (χ0) is 31.3. The summed E-state index contributed by atoms with van der Waals surface area (Å²) in [5, 5.41) is 7.31. The molecule has 0 amide bonds. The molecule has 45 heavy (non-hydrogen) atoms. The molecule has 0 saturated carbocycles. The molecule has 0 aliphatic heterocycles. The van der Waals surface area contributed by atoms with E-state index in [0.29, 0.717) is 0 Å². The molecule has 0 aliphatic rings. The van der Waals surface area contributed by atoms with E-state index in [1.165, 1.54) is 27.5 Å². The Hall–Kier alpha value is -5.16. The number of aryl methyl sites for hydroxylation is 2. The van der Waals surface area contributed by atoms with Crippen molar-refractivity contribution in [1.29, 1.82) is 0 Å². The van der Waals surface area contributed by atoms with Crippen LogP contribution in [0.25, 0.3) is 44.4 Å². The number of aromatic nitrogens is 4. The van der Waals surface area contributed by atoms with E-state index in [-0.39, 0.29) is 5.41 Å². The van der Waals surface area contributed by atoms with Crippen molar-refractivity contribution in [2.45, 2.75) is 53.4 Å². The van der Waals surface area contributed by atoms with Gasteiger partial charge in [0.15, 0.2) is 0 Å². The molecule has 5 heteroatoms. The van der Waals surface area contributed by atoms with Gasteiger partial charge in [-0.05, 0) is 97.8 Å². The van der Waals surface area contributed by atoms with Crippen molar-refractivity contribution < 1.29 is 4.74 Å². The lowest BCUT2D eigenvalue weighted by Crippen LogP contribution is -2.15. The monoisotopic (exact) mass is 590 g/mol. The summed E-state index contributed by atoms with van der Waals surface area (Å²) in [5.41, 5.74) is 10.2. The maximum Gasteiger partial charge on any atom is 0.137 e. The van der Waals surface area contributed by atoms with Gasteiger partial charge in [-0.2, -0.15) is 5.10 Å². The number of rotatable bonds is 7. The molecule has 0 fully saturated rings. The van der Waals surface area contributed by atoms with Crippen LogP contribution in [0.2, 0.25) is 0 Å². The Morgan fingerprint density at radius 3 is 2.31 bits per heavy atom. The Kier molecular flexibility index (Phi) is 7.04. The molecule has 0 saturated heterocycles. The van der Waals surface area contributed by atoms with Crippen molar-refractivity contribution in [3.63, 3.8) is 0 Å². The highest BCUT2D eigenvalue weighted by Crippen LogP contribution is 2.38. The number of fused-ring (bicyclic) bond motifs is 3. The fourth-order valence-electron chi connectivity index (χ4n) is 6.31. The van der Waals surface area contributed by atoms with Gasteiger partial charge in [0.1, 0.15) is 17.3 Å². The molecule has 0 spiro atoms. The fourth-order valence-corrected chi connectivity index (χ4v) is 6.31. The number of hydrogen-bond acceptors (Lipinski definition) is 3. The fraction of sp³-hybridized carbons (Fsp3) is 0.200. The Morgan fingerprint density at radius 2 is 1.53 bits per heavy atom. The number of benzene rings is 4. The second-order valence-electron chi connectivity index (χ2n) is 12.6. The van der Waals surface area contributed by atoms with Crippen molar-refractivity contribution >= 4 is 21.8 Å². The highest BCUT2D eigenvalue weighted by Gasteiger charge is 2.21. The first-order chi connectivity index (χ1) is 21.7. The maximum absolute atomic E-state index is 6.54. The molecule has 224 valence electrons. The predicted octanol–water partition coefficient (Wildman–Crippen LogP) is 10.4. The Balaban J connectivity index is 1.31. The largest absolute Gasteiger partial charge is 0.457 e. The van der Waals surface area contributed by atoms with E-state index in [2.05, 4.69) is 125 Å². The summed E-state index contributed by atoms with van der Waals surface area (Å²) in [7, 11) is 0. The molecule has 4 aromatic carbocycles. The van der Waals surface area contributed by atoms with Gasteiger partial charge in [0, 0.05) is 40.4 Å². The molecule has 5 nitrogen and oxygen atoms in total. The van der Waals surface area contributed by atoms with Crippen LogP contribution in [0, 0.1) is 20.8 Å². The zero-order valence-corrected chi connectivity index (χ0v) is 26.8. The SMILES string of the molecule is CCC(C)(C)c1ccc2c(c1)c1ccc(Oc3cccc(-n4nc(C)c(-c5ccccc5)c4C)c3)cc1n2-c1cc(C)ccn1. The second kappa shape index (κ2) is 11.1. The number of hydrogen-bond donors (Lipinski definition) is 0. The smallest absolute Gasteiger partial charge is 0.137 e. The third kappa shape index (κ3) is 5.08. The average molecular weight is 591 g/mol. The van der Waals surface area contributed by atoms with Crippen LogP contribution in [0.3, 0.4) is 0 Å². The van der Waals surface area contributed by atoms with E-state index in [4.69, 9.17) is 14.8 Å². The highest BCUT2D eigenvalue weighted by molar-refractivity contribution is 6.09. The molecular weight excluding hydrogens is 552 g/mol. The third-order valence-electron chi connectivity index (χ3n) is 9.18. The van der Waals surface area contributed by atoms with E-state index in [1.54, 1.807) is 0 Å². The van der Waals surface area contributed by atoms with Crippen LogP contribution < -0.4 is 4.74 Å². The lowest BCUT2D eigenvalue weighted by Gasteiger charge is -2.23. The molecule has 0 unspecified atom stereocenters. The minimum absolute atomic E-state index is 0.0889. The van der Waals surface area contributed by atoms with E-state index < -0.39 is 0 Å². The van der Waals surface area contributed by atoms with Gasteiger partial charge >= 0.3 is 0 Å². The molecule has 0 N–H and O–H groups in total. The summed E-state index contributed by atoms with van der Waals surface area (Å²) >= 11 is 0. The van der Waals surface area contributed by atoms with Crippen LogP contribution in [-0.4, -0.2) is 19.3 Å². The summed E-state index contributed by atoms with van der Waals surface area (Å²) in [4.78, 5) is 4.78. The van der Waals surface area contributed by atoms with Crippen molar-refractivity contribution in [3.05, 3.63) is 132 Å². The molecular formula is C40H38N4O. The Morgan fingerprint density at radius 1 is 0.733 bits per heavy atom. The summed E-state index contributed by atoms with van der Waals surface area (Å²) < 4.78 is 10.8. The van der Waals surface area contributed by atoms with Crippen molar-refractivity contribution in [1.82, 2.24) is 19.3 Å². The van der Waals surface area contributed by atoms with Gasteiger partial charge in [-0.25, -0.2) is 9.67 Å². The van der Waals surface area contributed by atoms with Crippen LogP contribution in [0.5, 0.6) is 11.5 Å². The summed E-state index contributed by atoms with van der Waals surface area (Å²) in [6.45, 7) is 13.2. The minimum Gasteiger partial charge on any atom is -0.457 e. The molecule has 0 atom stereocenters. The first-order valence-corrected chi connectivity index (χ1v) is 15.6. The van der Waals surface area contributed by atoms with Gasteiger partial charge in [-0.1, -0.05) is 63.2 Å². The number of nitrogens with zero attached hydrogens (tertiary/aromatic N) is 4. The molecule has 3 aromatic heterocycles. The maximum atomic E-state index is 6.54. The second-order valence-corrected chi connectivity index (χ2v) is 12.6. The standard InChI is InChI=1S/C40H38N4O/c1-7-40(5,6)30-16-19-36-35(23-30)34-18-17-33(25-37(34)43(36)38-22-26(2)20-21-41-38)45-32-15-11-14-31(24-32)44-28(4)39(27(3)42-44)29-12-9-8-10-13-29/h8-25H,7H2,1-6H3. The normalized spacial score (nSPS) is 11.9. The minimum atomic E-state index is 0.0889. The quantitative estimate of drug-likeness (QED) is 0.185. The summed E-state index contributed by atoms with van der Waals surface area (Å²) in [6, 6.07) is 36.0. The van der Waals surface area contributed by atoms with E-state index in [0.717, 1.165) is 57.4 Å². The van der Waals surface area contributed by atoms with Crippen LogP contribution in [-0.2, 0) is 5.41 Å².